The smallest absolute Gasteiger partial charge is 0.323 e. The van der Waals surface area contributed by atoms with Gasteiger partial charge in [0.25, 0.3) is 10.0 Å². The Morgan fingerprint density at radius 3 is 2.22 bits per heavy atom. The van der Waals surface area contributed by atoms with E-state index in [9.17, 15) is 18.3 Å². The first-order valence-electron chi connectivity index (χ1n) is 14.8. The Bertz CT molecular complexity index is 2080. The Labute approximate surface area is 266 Å². The minimum absolute atomic E-state index is 0.0826. The first-order chi connectivity index (χ1) is 22.4. The molecule has 0 saturated heterocycles. The van der Waals surface area contributed by atoms with Crippen molar-refractivity contribution in [3.05, 3.63) is 115 Å². The molecule has 0 aliphatic rings. The van der Waals surface area contributed by atoms with Crippen LogP contribution in [0, 0.1) is 0 Å². The molecule has 46 heavy (non-hydrogen) atoms. The predicted octanol–water partition coefficient (Wildman–Crippen LogP) is 5.55. The number of nitrogens with one attached hydrogen (secondary N) is 3. The van der Waals surface area contributed by atoms with E-state index < -0.39 is 10.0 Å². The number of urea groups is 1. The van der Waals surface area contributed by atoms with Gasteiger partial charge in [0, 0.05) is 59.9 Å². The highest BCUT2D eigenvalue weighted by Gasteiger charge is 2.26. The minimum Gasteiger partial charge on any atom is -0.395 e. The molecule has 4 N–H and O–H groups in total. The third-order valence-corrected chi connectivity index (χ3v) is 9.19. The van der Waals surface area contributed by atoms with E-state index in [1.54, 1.807) is 36.5 Å². The lowest BCUT2D eigenvalue weighted by atomic mass is 10.00. The summed E-state index contributed by atoms with van der Waals surface area (Å²) in [7, 11) is -3.99. The second kappa shape index (κ2) is 13.4. The highest BCUT2D eigenvalue weighted by atomic mass is 32.2. The molecule has 0 atom stereocenters. The summed E-state index contributed by atoms with van der Waals surface area (Å²) >= 11 is 0. The van der Waals surface area contributed by atoms with Crippen LogP contribution < -0.4 is 16.0 Å². The van der Waals surface area contributed by atoms with E-state index in [1.165, 1.54) is 3.97 Å². The Hall–Kier alpha value is -5.30. The van der Waals surface area contributed by atoms with E-state index >= 15 is 0 Å². The van der Waals surface area contributed by atoms with Crippen molar-refractivity contribution in [2.75, 3.05) is 23.8 Å². The van der Waals surface area contributed by atoms with Gasteiger partial charge in [0.15, 0.2) is 5.65 Å². The fourth-order valence-electron chi connectivity index (χ4n) is 5.27. The van der Waals surface area contributed by atoms with Crippen LogP contribution in [0.15, 0.2) is 114 Å². The van der Waals surface area contributed by atoms with Gasteiger partial charge in [0.1, 0.15) is 5.69 Å². The van der Waals surface area contributed by atoms with Gasteiger partial charge in [-0.05, 0) is 61.0 Å². The molecule has 6 rings (SSSR count). The average Bonchev–Trinajstić information content (AvgIpc) is 3.68. The fraction of sp³-hybridized carbons (Fsp3) is 0.147. The van der Waals surface area contributed by atoms with Crippen LogP contribution in [0.2, 0.25) is 0 Å². The van der Waals surface area contributed by atoms with Crippen LogP contribution in [0.4, 0.5) is 16.2 Å². The van der Waals surface area contributed by atoms with Gasteiger partial charge in [0.2, 0.25) is 0 Å². The van der Waals surface area contributed by atoms with Gasteiger partial charge < -0.3 is 21.1 Å². The number of aliphatic hydroxyl groups is 1. The van der Waals surface area contributed by atoms with Crippen molar-refractivity contribution in [3.8, 4) is 22.4 Å². The van der Waals surface area contributed by atoms with E-state index in [0.29, 0.717) is 46.9 Å². The molecule has 234 valence electrons. The van der Waals surface area contributed by atoms with Crippen LogP contribution in [0.25, 0.3) is 33.4 Å². The monoisotopic (exact) mass is 635 g/mol. The van der Waals surface area contributed by atoms with E-state index in [0.717, 1.165) is 16.7 Å². The molecular weight excluding hydrogens is 602 g/mol. The molecule has 3 aromatic carbocycles. The number of hydrogen-bond donors (Lipinski definition) is 4. The Kier molecular flexibility index (Phi) is 8.92. The summed E-state index contributed by atoms with van der Waals surface area (Å²) in [6, 6.07) is 28.2. The lowest BCUT2D eigenvalue weighted by Crippen LogP contribution is -2.23. The summed E-state index contributed by atoms with van der Waals surface area (Å²) in [4.78, 5) is 17.2. The van der Waals surface area contributed by atoms with Gasteiger partial charge >= 0.3 is 6.03 Å². The highest BCUT2D eigenvalue weighted by Crippen LogP contribution is 2.37. The SMILES string of the molecule is CCn1cc(-c2ccnc3c2cc(CNCCO)n3S(=O)(=O)c2ccccc2)c(-c2ccc(NC(=O)Nc3ccccc3)cc2)n1. The molecule has 6 aromatic rings. The van der Waals surface area contributed by atoms with Crippen molar-refractivity contribution in [2.45, 2.75) is 24.9 Å². The van der Waals surface area contributed by atoms with Crippen molar-refractivity contribution < 1.29 is 18.3 Å². The number of rotatable bonds is 11. The molecule has 0 aliphatic carbocycles. The van der Waals surface area contributed by atoms with Crippen LogP contribution in [-0.4, -0.2) is 51.4 Å². The molecule has 2 amide bonds. The second-order valence-corrected chi connectivity index (χ2v) is 12.3. The number of fused-ring (bicyclic) bond motifs is 1. The lowest BCUT2D eigenvalue weighted by Gasteiger charge is -2.12. The minimum atomic E-state index is -3.99. The van der Waals surface area contributed by atoms with Gasteiger partial charge in [0.05, 0.1) is 17.2 Å². The lowest BCUT2D eigenvalue weighted by molar-refractivity contribution is 0.262. The number of pyridine rings is 1. The van der Waals surface area contributed by atoms with E-state index in [4.69, 9.17) is 5.10 Å². The van der Waals surface area contributed by atoms with Crippen molar-refractivity contribution in [1.29, 1.82) is 0 Å². The molecule has 0 radical (unpaired) electrons. The molecule has 0 spiro atoms. The summed E-state index contributed by atoms with van der Waals surface area (Å²) in [5.74, 6) is 0. The van der Waals surface area contributed by atoms with Gasteiger partial charge in [-0.15, -0.1) is 0 Å². The summed E-state index contributed by atoms with van der Waals surface area (Å²) in [5, 5.41) is 23.6. The summed E-state index contributed by atoms with van der Waals surface area (Å²) in [6.07, 6.45) is 3.54. The largest absolute Gasteiger partial charge is 0.395 e. The number of hydrogen-bond acceptors (Lipinski definition) is 7. The fourth-order valence-corrected chi connectivity index (χ4v) is 6.78. The Morgan fingerprint density at radius 2 is 1.54 bits per heavy atom. The van der Waals surface area contributed by atoms with Crippen LogP contribution in [0.1, 0.15) is 12.6 Å². The molecular formula is C34H33N7O4S. The number of nitrogens with zero attached hydrogens (tertiary/aromatic N) is 4. The molecule has 12 heteroatoms. The van der Waals surface area contributed by atoms with Gasteiger partial charge in [-0.3, -0.25) is 4.68 Å². The molecule has 0 saturated carbocycles. The molecule has 3 aromatic heterocycles. The van der Waals surface area contributed by atoms with Crippen molar-refractivity contribution >= 4 is 38.5 Å². The topological polar surface area (TPSA) is 143 Å². The number of carbonyl (C=O) groups is 1. The quantitative estimate of drug-likeness (QED) is 0.137. The maximum Gasteiger partial charge on any atom is 0.323 e. The standard InChI is InChI=1S/C34H33N7O4S/c1-2-40-23-31(32(39-40)24-13-15-26(16-14-24)38-34(43)37-25-9-5-3-6-10-25)29-17-18-36-33-30(29)21-27(22-35-19-20-42)41(33)46(44,45)28-11-7-4-8-12-28/h3-18,21,23,35,42H,2,19-20,22H2,1H3,(H2,37,38,43). The maximum absolute atomic E-state index is 14.0. The third kappa shape index (κ3) is 6.26. The maximum atomic E-state index is 14.0. The first kappa shape index (κ1) is 30.7. The van der Waals surface area contributed by atoms with E-state index in [-0.39, 0.29) is 24.1 Å². The summed E-state index contributed by atoms with van der Waals surface area (Å²) in [6.45, 7) is 3.05. The number of aliphatic hydroxyl groups excluding tert-OH is 1. The van der Waals surface area contributed by atoms with Crippen molar-refractivity contribution in [1.82, 2.24) is 24.1 Å². The number of anilines is 2. The summed E-state index contributed by atoms with van der Waals surface area (Å²) in [5.41, 5.74) is 5.18. The van der Waals surface area contributed by atoms with Gasteiger partial charge in [-0.1, -0.05) is 48.5 Å². The van der Waals surface area contributed by atoms with E-state index in [2.05, 4.69) is 20.9 Å². The molecule has 3 heterocycles. The number of amides is 2. The van der Waals surface area contributed by atoms with Gasteiger partial charge in [-0.25, -0.2) is 22.2 Å². The number of benzene rings is 3. The highest BCUT2D eigenvalue weighted by molar-refractivity contribution is 7.90. The van der Waals surface area contributed by atoms with Crippen LogP contribution >= 0.6 is 0 Å². The zero-order valence-electron chi connectivity index (χ0n) is 25.1. The number of para-hydroxylation sites is 1. The zero-order valence-corrected chi connectivity index (χ0v) is 25.9. The normalized spacial score (nSPS) is 11.5. The average molecular weight is 636 g/mol. The Balaban J connectivity index is 1.39. The molecule has 0 bridgehead atoms. The zero-order chi connectivity index (χ0) is 32.1. The summed E-state index contributed by atoms with van der Waals surface area (Å²) < 4.78 is 31.0. The molecule has 0 aliphatic heterocycles. The van der Waals surface area contributed by atoms with Crippen LogP contribution in [-0.2, 0) is 23.1 Å². The van der Waals surface area contributed by atoms with Crippen molar-refractivity contribution in [3.63, 3.8) is 0 Å². The number of aryl methyl sites for hydroxylation is 1. The first-order valence-corrected chi connectivity index (χ1v) is 16.3. The van der Waals surface area contributed by atoms with E-state index in [1.807, 2.05) is 84.5 Å². The third-order valence-electron chi connectivity index (χ3n) is 7.43. The Morgan fingerprint density at radius 1 is 0.870 bits per heavy atom. The van der Waals surface area contributed by atoms with Crippen molar-refractivity contribution in [2.24, 2.45) is 0 Å². The molecule has 0 fully saturated rings. The van der Waals surface area contributed by atoms with Gasteiger partial charge in [-0.2, -0.15) is 5.10 Å². The van der Waals surface area contributed by atoms with Crippen LogP contribution in [0.5, 0.6) is 0 Å². The molecule has 0 unspecified atom stereocenters. The predicted molar refractivity (Wildman–Crippen MR) is 179 cm³/mol. The number of aromatic nitrogens is 4. The molecule has 11 nitrogen and oxygen atoms in total. The number of carbonyl (C=O) groups excluding carboxylic acids is 1. The second-order valence-electron chi connectivity index (χ2n) is 10.5. The van der Waals surface area contributed by atoms with Crippen LogP contribution in [0.3, 0.4) is 0 Å².